The van der Waals surface area contributed by atoms with Crippen LogP contribution in [0.4, 0.5) is 57.1 Å². The van der Waals surface area contributed by atoms with E-state index in [0.717, 1.165) is 0 Å². The highest BCUT2D eigenvalue weighted by Crippen LogP contribution is 2.61. The Morgan fingerprint density at radius 1 is 0.720 bits per heavy atom. The van der Waals surface area contributed by atoms with Gasteiger partial charge >= 0.3 is 44.0 Å². The van der Waals surface area contributed by atoms with E-state index in [4.69, 9.17) is 4.89 Å². The van der Waals surface area contributed by atoms with Gasteiger partial charge in [-0.2, -0.15) is 57.1 Å². The molecule has 0 saturated carbocycles. The zero-order valence-electron chi connectivity index (χ0n) is 11.2. The van der Waals surface area contributed by atoms with Gasteiger partial charge in [-0.3, -0.25) is 0 Å². The molecular formula is C8H5F13O3P+. The third-order valence-electron chi connectivity index (χ3n) is 2.72. The molecule has 0 fully saturated rings. The number of hydrogen-bond donors (Lipinski definition) is 1. The molecule has 0 aromatic rings. The zero-order valence-corrected chi connectivity index (χ0v) is 12.1. The van der Waals surface area contributed by atoms with Crippen LogP contribution in [-0.4, -0.2) is 46.8 Å². The summed E-state index contributed by atoms with van der Waals surface area (Å²) in [4.78, 5) is 8.05. The first kappa shape index (κ1) is 24.1. The number of hydrogen-bond acceptors (Lipinski definition) is 2. The fraction of sp³-hybridized carbons (Fsp3) is 1.00. The topological polar surface area (TPSA) is 46.5 Å². The van der Waals surface area contributed by atoms with Crippen molar-refractivity contribution in [2.75, 3.05) is 0 Å². The summed E-state index contributed by atoms with van der Waals surface area (Å²) < 4.78 is 178. The molecule has 0 aromatic carbocycles. The standard InChI is InChI=1S/C8H4F13O3P/c1-2(24-25(22)23)3(9,10)4(11,12)5(13,14)6(15,16)7(17,18)8(19,20)21/h2H,1H3/p+1. The van der Waals surface area contributed by atoms with E-state index in [1.807, 2.05) is 0 Å². The minimum atomic E-state index is -8.02. The molecule has 1 N–H and O–H groups in total. The minimum Gasteiger partial charge on any atom is -0.196 e. The lowest BCUT2D eigenvalue weighted by atomic mass is 9.92. The number of rotatable bonds is 7. The van der Waals surface area contributed by atoms with Crippen LogP contribution in [0.1, 0.15) is 6.92 Å². The Labute approximate surface area is 129 Å². The van der Waals surface area contributed by atoms with E-state index in [0.29, 0.717) is 0 Å². The fourth-order valence-corrected chi connectivity index (χ4v) is 1.64. The summed E-state index contributed by atoms with van der Waals surface area (Å²) in [5.74, 6) is -37.9. The van der Waals surface area contributed by atoms with Crippen molar-refractivity contribution < 1.29 is 71.1 Å². The number of alkyl halides is 13. The predicted octanol–water partition coefficient (Wildman–Crippen LogP) is 4.78. The first-order chi connectivity index (χ1) is 10.6. The zero-order chi connectivity index (χ0) is 20.9. The molecule has 2 unspecified atom stereocenters. The maximum Gasteiger partial charge on any atom is 0.695 e. The van der Waals surface area contributed by atoms with E-state index in [9.17, 15) is 61.6 Å². The van der Waals surface area contributed by atoms with E-state index in [2.05, 4.69) is 4.52 Å². The van der Waals surface area contributed by atoms with Crippen molar-refractivity contribution >= 4 is 8.25 Å². The van der Waals surface area contributed by atoms with Gasteiger partial charge in [0.2, 0.25) is 0 Å². The Morgan fingerprint density at radius 3 is 1.32 bits per heavy atom. The first-order valence-corrected chi connectivity index (χ1v) is 6.50. The Bertz CT molecular complexity index is 514. The lowest BCUT2D eigenvalue weighted by molar-refractivity contribution is -0.443. The Morgan fingerprint density at radius 2 is 1.04 bits per heavy atom. The van der Waals surface area contributed by atoms with Crippen molar-refractivity contribution in [2.45, 2.75) is 48.8 Å². The summed E-state index contributed by atoms with van der Waals surface area (Å²) in [6, 6.07) is 0. The Balaban J connectivity index is 6.25. The quantitative estimate of drug-likeness (QED) is 0.470. The molecule has 0 bridgehead atoms. The largest absolute Gasteiger partial charge is 0.695 e. The van der Waals surface area contributed by atoms with Crippen molar-refractivity contribution in [1.82, 2.24) is 0 Å². The van der Waals surface area contributed by atoms with E-state index in [1.165, 1.54) is 0 Å². The summed E-state index contributed by atoms with van der Waals surface area (Å²) in [5, 5.41) is 0. The fourth-order valence-electron chi connectivity index (χ4n) is 1.24. The summed E-state index contributed by atoms with van der Waals surface area (Å²) in [6.07, 6.45) is -11.3. The summed E-state index contributed by atoms with van der Waals surface area (Å²) >= 11 is 0. The Hall–Kier alpha value is -0.890. The van der Waals surface area contributed by atoms with Gasteiger partial charge in [-0.1, -0.05) is 0 Å². The molecule has 150 valence electrons. The minimum absolute atomic E-state index is 0.312. The van der Waals surface area contributed by atoms with Gasteiger partial charge in [0.15, 0.2) is 6.10 Å². The first-order valence-electron chi connectivity index (χ1n) is 5.37. The van der Waals surface area contributed by atoms with Crippen molar-refractivity contribution in [1.29, 1.82) is 0 Å². The van der Waals surface area contributed by atoms with Crippen LogP contribution in [0.3, 0.4) is 0 Å². The van der Waals surface area contributed by atoms with Crippen LogP contribution in [0.2, 0.25) is 0 Å². The number of halogens is 13. The average Bonchev–Trinajstić information content (AvgIpc) is 2.35. The lowest BCUT2D eigenvalue weighted by Gasteiger charge is -2.40. The average molecular weight is 427 g/mol. The van der Waals surface area contributed by atoms with Crippen molar-refractivity contribution in [3.05, 3.63) is 0 Å². The highest BCUT2D eigenvalue weighted by Gasteiger charge is 2.91. The van der Waals surface area contributed by atoms with Crippen LogP contribution in [0, 0.1) is 0 Å². The van der Waals surface area contributed by atoms with Gasteiger partial charge < -0.3 is 0 Å². The molecular weight excluding hydrogens is 422 g/mol. The molecule has 0 radical (unpaired) electrons. The summed E-state index contributed by atoms with van der Waals surface area (Å²) in [5.41, 5.74) is 0. The molecule has 0 amide bonds. The molecule has 0 aromatic heterocycles. The Kier molecular flexibility index (Phi) is 6.14. The molecule has 0 rings (SSSR count). The molecule has 17 heteroatoms. The van der Waals surface area contributed by atoms with Gasteiger partial charge in [-0.15, -0.1) is 9.42 Å². The monoisotopic (exact) mass is 427 g/mol. The van der Waals surface area contributed by atoms with Gasteiger partial charge in [0, 0.05) is 4.57 Å². The van der Waals surface area contributed by atoms with Crippen LogP contribution in [0.5, 0.6) is 0 Å². The van der Waals surface area contributed by atoms with E-state index >= 15 is 0 Å². The van der Waals surface area contributed by atoms with Crippen LogP contribution < -0.4 is 0 Å². The second kappa shape index (κ2) is 6.37. The molecule has 0 heterocycles. The van der Waals surface area contributed by atoms with E-state index < -0.39 is 50.1 Å². The highest BCUT2D eigenvalue weighted by molar-refractivity contribution is 7.32. The summed E-state index contributed by atoms with van der Waals surface area (Å²) in [7, 11) is -4.18. The molecule has 0 spiro atoms. The second-order valence-electron chi connectivity index (χ2n) is 4.40. The molecule has 3 nitrogen and oxygen atoms in total. The van der Waals surface area contributed by atoms with E-state index in [1.54, 1.807) is 0 Å². The molecule has 0 aliphatic carbocycles. The highest BCUT2D eigenvalue weighted by atomic mass is 31.1. The van der Waals surface area contributed by atoms with Crippen LogP contribution >= 0.6 is 8.25 Å². The predicted molar refractivity (Wildman–Crippen MR) is 51.2 cm³/mol. The maximum absolute atomic E-state index is 13.2. The van der Waals surface area contributed by atoms with Crippen LogP contribution in [0.15, 0.2) is 0 Å². The van der Waals surface area contributed by atoms with Crippen molar-refractivity contribution in [3.8, 4) is 0 Å². The van der Waals surface area contributed by atoms with Crippen LogP contribution in [0.25, 0.3) is 0 Å². The van der Waals surface area contributed by atoms with Crippen LogP contribution in [-0.2, 0) is 9.09 Å². The van der Waals surface area contributed by atoms with Gasteiger partial charge in [0.05, 0.1) is 0 Å². The SMILES string of the molecule is CC(O[P+](=O)O)C(F)(F)C(F)(F)C(F)(F)C(F)(F)C(F)(F)C(F)(F)F. The van der Waals surface area contributed by atoms with Gasteiger partial charge in [0.25, 0.3) is 0 Å². The molecule has 2 atom stereocenters. The molecule has 0 aliphatic heterocycles. The molecule has 0 aliphatic rings. The van der Waals surface area contributed by atoms with Gasteiger partial charge in [-0.05, 0) is 6.92 Å². The van der Waals surface area contributed by atoms with E-state index in [-0.39, 0.29) is 6.92 Å². The third-order valence-corrected chi connectivity index (χ3v) is 3.21. The summed E-state index contributed by atoms with van der Waals surface area (Å²) in [6.45, 7) is -0.312. The lowest BCUT2D eigenvalue weighted by Crippen LogP contribution is -2.71. The normalized spacial score (nSPS) is 17.5. The molecule has 0 saturated heterocycles. The van der Waals surface area contributed by atoms with Crippen molar-refractivity contribution in [2.24, 2.45) is 0 Å². The maximum atomic E-state index is 13.2. The second-order valence-corrected chi connectivity index (χ2v) is 5.09. The van der Waals surface area contributed by atoms with Crippen molar-refractivity contribution in [3.63, 3.8) is 0 Å². The third kappa shape index (κ3) is 3.52. The molecule has 25 heavy (non-hydrogen) atoms. The van der Waals surface area contributed by atoms with Gasteiger partial charge in [-0.25, -0.2) is 0 Å². The smallest absolute Gasteiger partial charge is 0.196 e. The van der Waals surface area contributed by atoms with Gasteiger partial charge in [0.1, 0.15) is 0 Å².